The molecule has 0 saturated heterocycles. The molecule has 0 aliphatic heterocycles. The molecule has 1 aliphatic rings. The van der Waals surface area contributed by atoms with Crippen LogP contribution in [0.3, 0.4) is 0 Å². The fraction of sp³-hybridized carbons (Fsp3) is 0.571. The van der Waals surface area contributed by atoms with Crippen LogP contribution in [0, 0.1) is 5.92 Å². The summed E-state index contributed by atoms with van der Waals surface area (Å²) in [4.78, 5) is 0. The van der Waals surface area contributed by atoms with E-state index < -0.39 is 5.60 Å². The Kier molecular flexibility index (Phi) is 3.69. The summed E-state index contributed by atoms with van der Waals surface area (Å²) >= 11 is 0. The van der Waals surface area contributed by atoms with Crippen LogP contribution in [0.15, 0.2) is 24.3 Å². The van der Waals surface area contributed by atoms with Crippen LogP contribution in [-0.2, 0) is 5.60 Å². The first-order valence-corrected chi connectivity index (χ1v) is 6.33. The second kappa shape index (κ2) is 5.07. The molecule has 3 nitrogen and oxygen atoms in total. The molecule has 1 aromatic carbocycles. The number of rotatable bonds is 3. The van der Waals surface area contributed by atoms with Crippen molar-refractivity contribution < 1.29 is 10.2 Å². The summed E-state index contributed by atoms with van der Waals surface area (Å²) in [7, 11) is 1.91. The number of aliphatic hydroxyl groups is 1. The van der Waals surface area contributed by atoms with Crippen LogP contribution >= 0.6 is 0 Å². The number of benzene rings is 1. The second-order valence-electron chi connectivity index (χ2n) is 4.97. The van der Waals surface area contributed by atoms with E-state index in [0.717, 1.165) is 31.4 Å². The average molecular weight is 235 g/mol. The third-order valence-electron chi connectivity index (χ3n) is 3.83. The lowest BCUT2D eigenvalue weighted by Crippen LogP contribution is -2.42. The molecule has 0 spiro atoms. The van der Waals surface area contributed by atoms with Crippen LogP contribution in [0.1, 0.15) is 31.2 Å². The Hall–Kier alpha value is -1.06. The van der Waals surface area contributed by atoms with E-state index in [1.165, 1.54) is 6.42 Å². The number of phenols is 1. The van der Waals surface area contributed by atoms with E-state index in [9.17, 15) is 10.2 Å². The third kappa shape index (κ3) is 2.45. The van der Waals surface area contributed by atoms with Gasteiger partial charge in [-0.25, -0.2) is 0 Å². The Morgan fingerprint density at radius 2 is 2.24 bits per heavy atom. The Bertz CT molecular complexity index is 378. The van der Waals surface area contributed by atoms with Gasteiger partial charge in [0.15, 0.2) is 0 Å². The Balaban J connectivity index is 2.30. The van der Waals surface area contributed by atoms with Crippen molar-refractivity contribution in [3.63, 3.8) is 0 Å². The number of hydrogen-bond acceptors (Lipinski definition) is 3. The van der Waals surface area contributed by atoms with Crippen molar-refractivity contribution in [1.29, 1.82) is 0 Å². The van der Waals surface area contributed by atoms with Crippen LogP contribution in [0.5, 0.6) is 5.75 Å². The summed E-state index contributed by atoms with van der Waals surface area (Å²) in [5, 5.41) is 23.6. The van der Waals surface area contributed by atoms with Crippen molar-refractivity contribution in [2.24, 2.45) is 5.92 Å². The lowest BCUT2D eigenvalue weighted by Gasteiger charge is -2.40. The van der Waals surface area contributed by atoms with Crippen LogP contribution in [0.25, 0.3) is 0 Å². The predicted octanol–water partition coefficient (Wildman–Crippen LogP) is 1.99. The molecule has 2 atom stereocenters. The molecular weight excluding hydrogens is 214 g/mol. The third-order valence-corrected chi connectivity index (χ3v) is 3.83. The maximum Gasteiger partial charge on any atom is 0.115 e. The van der Waals surface area contributed by atoms with Crippen LogP contribution < -0.4 is 5.32 Å². The van der Waals surface area contributed by atoms with Crippen LogP contribution in [0.4, 0.5) is 0 Å². The quantitative estimate of drug-likeness (QED) is 0.751. The van der Waals surface area contributed by atoms with E-state index in [-0.39, 0.29) is 11.7 Å². The van der Waals surface area contributed by atoms with Crippen molar-refractivity contribution in [3.8, 4) is 5.75 Å². The van der Waals surface area contributed by atoms with Crippen LogP contribution in [-0.4, -0.2) is 23.8 Å². The largest absolute Gasteiger partial charge is 0.508 e. The number of aromatic hydroxyl groups is 1. The second-order valence-corrected chi connectivity index (χ2v) is 4.97. The summed E-state index contributed by atoms with van der Waals surface area (Å²) in [5.74, 6) is 0.452. The zero-order chi connectivity index (χ0) is 12.3. The van der Waals surface area contributed by atoms with Gasteiger partial charge in [-0.15, -0.1) is 0 Å². The number of phenolic OH excluding ortho intramolecular Hbond substituents is 1. The molecule has 0 amide bonds. The van der Waals surface area contributed by atoms with Crippen molar-refractivity contribution >= 4 is 0 Å². The van der Waals surface area contributed by atoms with Gasteiger partial charge in [-0.1, -0.05) is 25.0 Å². The zero-order valence-corrected chi connectivity index (χ0v) is 10.3. The highest BCUT2D eigenvalue weighted by molar-refractivity contribution is 5.32. The Labute approximate surface area is 102 Å². The first kappa shape index (κ1) is 12.4. The molecule has 17 heavy (non-hydrogen) atoms. The lowest BCUT2D eigenvalue weighted by atomic mass is 9.71. The first-order chi connectivity index (χ1) is 8.16. The van der Waals surface area contributed by atoms with Gasteiger partial charge in [-0.3, -0.25) is 0 Å². The van der Waals surface area contributed by atoms with Gasteiger partial charge < -0.3 is 15.5 Å². The highest BCUT2D eigenvalue weighted by Crippen LogP contribution is 2.42. The number of hydrogen-bond donors (Lipinski definition) is 3. The smallest absolute Gasteiger partial charge is 0.115 e. The van der Waals surface area contributed by atoms with Gasteiger partial charge in [0.25, 0.3) is 0 Å². The van der Waals surface area contributed by atoms with Crippen molar-refractivity contribution in [1.82, 2.24) is 5.32 Å². The van der Waals surface area contributed by atoms with Crippen molar-refractivity contribution in [2.75, 3.05) is 13.6 Å². The van der Waals surface area contributed by atoms with Gasteiger partial charge in [0.1, 0.15) is 5.75 Å². The highest BCUT2D eigenvalue weighted by Gasteiger charge is 2.39. The monoisotopic (exact) mass is 235 g/mol. The number of nitrogens with one attached hydrogen (secondary N) is 1. The minimum absolute atomic E-state index is 0.225. The van der Waals surface area contributed by atoms with Crippen molar-refractivity contribution in [2.45, 2.75) is 31.3 Å². The zero-order valence-electron chi connectivity index (χ0n) is 10.3. The average Bonchev–Trinajstić information content (AvgIpc) is 2.32. The maximum atomic E-state index is 10.9. The maximum absolute atomic E-state index is 10.9. The molecule has 94 valence electrons. The van der Waals surface area contributed by atoms with Gasteiger partial charge in [0, 0.05) is 12.5 Å². The molecule has 0 aromatic heterocycles. The van der Waals surface area contributed by atoms with Crippen LogP contribution in [0.2, 0.25) is 0 Å². The molecule has 1 aromatic rings. The summed E-state index contributed by atoms with van der Waals surface area (Å²) in [6.45, 7) is 0.812. The molecule has 0 bridgehead atoms. The van der Waals surface area contributed by atoms with E-state index in [4.69, 9.17) is 0 Å². The van der Waals surface area contributed by atoms with E-state index in [1.54, 1.807) is 18.2 Å². The minimum Gasteiger partial charge on any atom is -0.508 e. The molecule has 2 rings (SSSR count). The molecule has 0 heterocycles. The van der Waals surface area contributed by atoms with E-state index >= 15 is 0 Å². The highest BCUT2D eigenvalue weighted by atomic mass is 16.3. The summed E-state index contributed by atoms with van der Waals surface area (Å²) in [5.41, 5.74) is 0.0532. The molecule has 1 saturated carbocycles. The van der Waals surface area contributed by atoms with E-state index in [0.29, 0.717) is 0 Å². The molecular formula is C14H21NO2. The first-order valence-electron chi connectivity index (χ1n) is 6.33. The van der Waals surface area contributed by atoms with Gasteiger partial charge in [0.2, 0.25) is 0 Å². The standard InChI is InChI=1S/C14H21NO2/c1-15-10-12-5-2-3-8-14(12,17)11-6-4-7-13(16)9-11/h4,6-7,9,12,15-17H,2-3,5,8,10H2,1H3/t12-,14+/m1/s1. The lowest BCUT2D eigenvalue weighted by molar-refractivity contribution is -0.0531. The van der Waals surface area contributed by atoms with Gasteiger partial charge >= 0.3 is 0 Å². The van der Waals surface area contributed by atoms with Gasteiger partial charge in [0.05, 0.1) is 5.60 Å². The summed E-state index contributed by atoms with van der Waals surface area (Å²) in [6.07, 6.45) is 4.04. The molecule has 1 aliphatic carbocycles. The molecule has 0 radical (unpaired) electrons. The normalized spacial score (nSPS) is 29.2. The van der Waals surface area contributed by atoms with E-state index in [1.807, 2.05) is 13.1 Å². The fourth-order valence-electron chi connectivity index (χ4n) is 2.90. The molecule has 3 N–H and O–H groups in total. The van der Waals surface area contributed by atoms with Crippen molar-refractivity contribution in [3.05, 3.63) is 29.8 Å². The SMILES string of the molecule is CNC[C@H]1CCCC[C@]1(O)c1cccc(O)c1. The molecule has 0 unspecified atom stereocenters. The summed E-state index contributed by atoms with van der Waals surface area (Å²) in [6, 6.07) is 7.04. The summed E-state index contributed by atoms with van der Waals surface area (Å²) < 4.78 is 0. The molecule has 1 fully saturated rings. The Morgan fingerprint density at radius 3 is 2.94 bits per heavy atom. The van der Waals surface area contributed by atoms with Gasteiger partial charge in [-0.2, -0.15) is 0 Å². The van der Waals surface area contributed by atoms with Gasteiger partial charge in [-0.05, 0) is 37.6 Å². The van der Waals surface area contributed by atoms with E-state index in [2.05, 4.69) is 5.32 Å². The molecule has 3 heteroatoms. The minimum atomic E-state index is -0.792. The Morgan fingerprint density at radius 1 is 1.41 bits per heavy atom. The predicted molar refractivity (Wildman–Crippen MR) is 67.9 cm³/mol. The topological polar surface area (TPSA) is 52.5 Å². The fourth-order valence-corrected chi connectivity index (χ4v) is 2.90.